The molecule has 0 aromatic heterocycles. The van der Waals surface area contributed by atoms with Crippen molar-refractivity contribution < 1.29 is 18.7 Å². The minimum Gasteiger partial charge on any atom is -0.478 e. The summed E-state index contributed by atoms with van der Waals surface area (Å²) in [6.45, 7) is 0. The van der Waals surface area contributed by atoms with Crippen LogP contribution in [0.3, 0.4) is 0 Å². The Balaban J connectivity index is 3.27. The van der Waals surface area contributed by atoms with Crippen molar-refractivity contribution in [1.29, 1.82) is 0 Å². The topological polar surface area (TPSA) is 37.3 Å². The first-order valence-electron chi connectivity index (χ1n) is 3.33. The Morgan fingerprint density at radius 1 is 1.46 bits per heavy atom. The van der Waals surface area contributed by atoms with E-state index < -0.39 is 23.5 Å². The molecular formula is C8H5ClF2O2. The van der Waals surface area contributed by atoms with Gasteiger partial charge in [0.25, 0.3) is 6.43 Å². The van der Waals surface area contributed by atoms with Crippen LogP contribution in [0.2, 0.25) is 5.02 Å². The number of hydrogen-bond acceptors (Lipinski definition) is 1. The van der Waals surface area contributed by atoms with Gasteiger partial charge in [0.2, 0.25) is 0 Å². The molecule has 0 amide bonds. The number of alkyl halides is 2. The van der Waals surface area contributed by atoms with Gasteiger partial charge in [-0.1, -0.05) is 17.7 Å². The largest absolute Gasteiger partial charge is 0.478 e. The van der Waals surface area contributed by atoms with Crippen LogP contribution >= 0.6 is 11.6 Å². The van der Waals surface area contributed by atoms with Gasteiger partial charge in [-0.3, -0.25) is 0 Å². The summed E-state index contributed by atoms with van der Waals surface area (Å²) < 4.78 is 24.4. The number of carboxylic acid groups (broad SMARTS) is 1. The molecule has 1 N–H and O–H groups in total. The first-order valence-corrected chi connectivity index (χ1v) is 3.71. The van der Waals surface area contributed by atoms with Crippen molar-refractivity contribution in [1.82, 2.24) is 0 Å². The highest BCUT2D eigenvalue weighted by molar-refractivity contribution is 6.30. The second-order valence-electron chi connectivity index (χ2n) is 2.34. The van der Waals surface area contributed by atoms with Gasteiger partial charge in [0.15, 0.2) is 0 Å². The monoisotopic (exact) mass is 206 g/mol. The second-order valence-corrected chi connectivity index (χ2v) is 2.77. The molecule has 1 aromatic rings. The predicted molar refractivity (Wildman–Crippen MR) is 43.4 cm³/mol. The maximum absolute atomic E-state index is 12.2. The van der Waals surface area contributed by atoms with Crippen LogP contribution in [-0.4, -0.2) is 11.1 Å². The summed E-state index contributed by atoms with van der Waals surface area (Å²) in [6, 6.07) is 3.25. The third kappa shape index (κ3) is 2.15. The molecule has 0 saturated heterocycles. The van der Waals surface area contributed by atoms with Crippen LogP contribution in [0.1, 0.15) is 22.3 Å². The van der Waals surface area contributed by atoms with Crippen LogP contribution in [0.25, 0.3) is 0 Å². The molecular weight excluding hydrogens is 202 g/mol. The Bertz CT molecular complexity index is 339. The molecule has 2 nitrogen and oxygen atoms in total. The van der Waals surface area contributed by atoms with E-state index in [1.807, 2.05) is 0 Å². The van der Waals surface area contributed by atoms with Crippen LogP contribution in [0, 0.1) is 0 Å². The van der Waals surface area contributed by atoms with Gasteiger partial charge in [-0.2, -0.15) is 0 Å². The molecule has 13 heavy (non-hydrogen) atoms. The molecule has 0 bridgehead atoms. The van der Waals surface area contributed by atoms with Crippen molar-refractivity contribution in [3.63, 3.8) is 0 Å². The summed E-state index contributed by atoms with van der Waals surface area (Å²) in [5, 5.41) is 8.67. The number of aromatic carboxylic acids is 1. The van der Waals surface area contributed by atoms with Crippen LogP contribution in [0.4, 0.5) is 8.78 Å². The number of benzene rings is 1. The Labute approximate surface area is 77.8 Å². The molecule has 1 rings (SSSR count). The van der Waals surface area contributed by atoms with Gasteiger partial charge >= 0.3 is 5.97 Å². The first kappa shape index (κ1) is 9.92. The summed E-state index contributed by atoms with van der Waals surface area (Å²) >= 11 is 5.46. The number of hydrogen-bond donors (Lipinski definition) is 1. The Morgan fingerprint density at radius 2 is 2.08 bits per heavy atom. The Morgan fingerprint density at radius 3 is 2.54 bits per heavy atom. The summed E-state index contributed by atoms with van der Waals surface area (Å²) in [5.41, 5.74) is -0.973. The normalized spacial score (nSPS) is 10.5. The van der Waals surface area contributed by atoms with Gasteiger partial charge in [-0.25, -0.2) is 13.6 Å². The van der Waals surface area contributed by atoms with E-state index in [0.29, 0.717) is 0 Å². The van der Waals surface area contributed by atoms with Crippen molar-refractivity contribution in [2.75, 3.05) is 0 Å². The van der Waals surface area contributed by atoms with Crippen molar-refractivity contribution in [2.45, 2.75) is 6.43 Å². The van der Waals surface area contributed by atoms with Gasteiger partial charge in [-0.15, -0.1) is 0 Å². The van der Waals surface area contributed by atoms with E-state index in [1.165, 1.54) is 6.07 Å². The van der Waals surface area contributed by atoms with Crippen LogP contribution in [0.15, 0.2) is 18.2 Å². The molecule has 0 aliphatic carbocycles. The summed E-state index contributed by atoms with van der Waals surface area (Å²) in [6.07, 6.45) is -2.80. The van der Waals surface area contributed by atoms with Crippen molar-refractivity contribution in [3.05, 3.63) is 34.3 Å². The fraction of sp³-hybridized carbons (Fsp3) is 0.125. The summed E-state index contributed by atoms with van der Waals surface area (Å²) in [5.74, 6) is -1.40. The average molecular weight is 207 g/mol. The van der Waals surface area contributed by atoms with Gasteiger partial charge in [0, 0.05) is 10.6 Å². The van der Waals surface area contributed by atoms with E-state index in [1.54, 1.807) is 0 Å². The van der Waals surface area contributed by atoms with Crippen LogP contribution in [-0.2, 0) is 0 Å². The molecule has 0 aliphatic heterocycles. The van der Waals surface area contributed by atoms with E-state index in [0.717, 1.165) is 12.1 Å². The highest BCUT2D eigenvalue weighted by Gasteiger charge is 2.17. The quantitative estimate of drug-likeness (QED) is 0.808. The third-order valence-electron chi connectivity index (χ3n) is 1.48. The van der Waals surface area contributed by atoms with Crippen molar-refractivity contribution in [2.24, 2.45) is 0 Å². The van der Waals surface area contributed by atoms with E-state index >= 15 is 0 Å². The number of carboxylic acids is 1. The lowest BCUT2D eigenvalue weighted by molar-refractivity contribution is 0.0684. The van der Waals surface area contributed by atoms with E-state index in [4.69, 9.17) is 16.7 Å². The van der Waals surface area contributed by atoms with Gasteiger partial charge in [-0.05, 0) is 12.1 Å². The van der Waals surface area contributed by atoms with Crippen LogP contribution < -0.4 is 0 Å². The smallest absolute Gasteiger partial charge is 0.336 e. The molecule has 0 atom stereocenters. The highest BCUT2D eigenvalue weighted by atomic mass is 35.5. The zero-order valence-corrected chi connectivity index (χ0v) is 7.05. The number of halogens is 3. The average Bonchev–Trinajstić information content (AvgIpc) is 2.03. The lowest BCUT2D eigenvalue weighted by Crippen LogP contribution is -2.02. The lowest BCUT2D eigenvalue weighted by Gasteiger charge is -2.04. The Kier molecular flexibility index (Phi) is 2.83. The molecule has 0 aliphatic rings. The second kappa shape index (κ2) is 3.70. The minimum absolute atomic E-state index is 0.127. The molecule has 0 spiro atoms. The lowest BCUT2D eigenvalue weighted by atomic mass is 10.1. The number of rotatable bonds is 2. The predicted octanol–water partition coefficient (Wildman–Crippen LogP) is 2.98. The van der Waals surface area contributed by atoms with Gasteiger partial charge < -0.3 is 5.11 Å². The fourth-order valence-corrected chi connectivity index (χ4v) is 1.08. The minimum atomic E-state index is -2.80. The fourth-order valence-electron chi connectivity index (χ4n) is 0.904. The van der Waals surface area contributed by atoms with Crippen molar-refractivity contribution in [3.8, 4) is 0 Å². The maximum atomic E-state index is 12.2. The molecule has 0 radical (unpaired) electrons. The molecule has 0 saturated carbocycles. The highest BCUT2D eigenvalue weighted by Crippen LogP contribution is 2.25. The molecule has 1 aromatic carbocycles. The van der Waals surface area contributed by atoms with E-state index in [-0.39, 0.29) is 5.02 Å². The maximum Gasteiger partial charge on any atom is 0.336 e. The zero-order valence-electron chi connectivity index (χ0n) is 6.30. The van der Waals surface area contributed by atoms with Crippen LogP contribution in [0.5, 0.6) is 0 Å². The summed E-state index contributed by atoms with van der Waals surface area (Å²) in [4.78, 5) is 10.5. The van der Waals surface area contributed by atoms with Crippen molar-refractivity contribution >= 4 is 17.6 Å². The first-order chi connectivity index (χ1) is 6.02. The zero-order chi connectivity index (χ0) is 10.0. The van der Waals surface area contributed by atoms with Gasteiger partial charge in [0.05, 0.1) is 5.56 Å². The standard InChI is InChI=1S/C8H5ClF2O2/c9-4-1-2-5(7(10)11)6(3-4)8(12)13/h1-3,7H,(H,12,13). The molecule has 0 heterocycles. The SMILES string of the molecule is O=C(O)c1cc(Cl)ccc1C(F)F. The molecule has 5 heteroatoms. The van der Waals surface area contributed by atoms with E-state index in [9.17, 15) is 13.6 Å². The third-order valence-corrected chi connectivity index (χ3v) is 1.72. The Hall–Kier alpha value is -1.16. The number of carbonyl (C=O) groups is 1. The van der Waals surface area contributed by atoms with E-state index in [2.05, 4.69) is 0 Å². The summed E-state index contributed by atoms with van der Waals surface area (Å²) in [7, 11) is 0. The molecule has 0 unspecified atom stereocenters. The molecule has 70 valence electrons. The molecule has 0 fully saturated rings. The van der Waals surface area contributed by atoms with Gasteiger partial charge in [0.1, 0.15) is 0 Å².